The van der Waals surface area contributed by atoms with Crippen molar-refractivity contribution in [3.05, 3.63) is 71.7 Å². The summed E-state index contributed by atoms with van der Waals surface area (Å²) in [7, 11) is 0. The molecular formula is C26H29N3O. The minimum Gasteiger partial charge on any atom is -0.438 e. The number of nitrogens with zero attached hydrogens (tertiary/aromatic N) is 2. The van der Waals surface area contributed by atoms with Gasteiger partial charge in [-0.2, -0.15) is 0 Å². The molecule has 4 nitrogen and oxygen atoms in total. The smallest absolute Gasteiger partial charge is 0.226 e. The van der Waals surface area contributed by atoms with Crippen molar-refractivity contribution in [1.82, 2.24) is 4.57 Å². The van der Waals surface area contributed by atoms with Gasteiger partial charge in [-0.15, -0.1) is 0 Å². The second kappa shape index (κ2) is 9.12. The maximum atomic E-state index is 9.15. The monoisotopic (exact) mass is 399 g/mol. The zero-order valence-electron chi connectivity index (χ0n) is 17.8. The number of unbranched alkanes of at least 4 members (excludes halogenated alkanes) is 2. The summed E-state index contributed by atoms with van der Waals surface area (Å²) >= 11 is 0. The zero-order chi connectivity index (χ0) is 20.9. The minimum absolute atomic E-state index is 0.476. The Balaban J connectivity index is 2.12. The lowest BCUT2D eigenvalue weighted by Gasteiger charge is -2.17. The molecule has 30 heavy (non-hydrogen) atoms. The first kappa shape index (κ1) is 20.1. The molecule has 0 bridgehead atoms. The van der Waals surface area contributed by atoms with Gasteiger partial charge in [-0.25, -0.2) is 0 Å². The van der Waals surface area contributed by atoms with Crippen LogP contribution in [-0.2, 0) is 6.54 Å². The fourth-order valence-electron chi connectivity index (χ4n) is 3.88. The largest absolute Gasteiger partial charge is 0.438 e. The summed E-state index contributed by atoms with van der Waals surface area (Å²) < 4.78 is 8.32. The summed E-state index contributed by atoms with van der Waals surface area (Å²) in [5.41, 5.74) is 4.05. The minimum atomic E-state index is 0.476. The molecule has 0 atom stereocenters. The molecule has 0 aliphatic rings. The molecule has 2 aromatic carbocycles. The van der Waals surface area contributed by atoms with Crippen LogP contribution in [0.5, 0.6) is 0 Å². The van der Waals surface area contributed by atoms with Gasteiger partial charge in [-0.05, 0) is 30.5 Å². The molecule has 1 N–H and O–H groups in total. The number of fused-ring (bicyclic) bond motifs is 3. The van der Waals surface area contributed by atoms with E-state index in [0.29, 0.717) is 17.6 Å². The second-order valence-electron chi connectivity index (χ2n) is 7.68. The van der Waals surface area contributed by atoms with Crippen LogP contribution in [0.3, 0.4) is 0 Å². The number of aromatic nitrogens is 1. The van der Waals surface area contributed by atoms with Crippen LogP contribution >= 0.6 is 0 Å². The van der Waals surface area contributed by atoms with E-state index in [-0.39, 0.29) is 0 Å². The lowest BCUT2D eigenvalue weighted by atomic mass is 10.0. The van der Waals surface area contributed by atoms with Gasteiger partial charge in [0.05, 0.1) is 11.1 Å². The Morgan fingerprint density at radius 3 is 2.40 bits per heavy atom. The average Bonchev–Trinajstić information content (AvgIpc) is 2.78. The van der Waals surface area contributed by atoms with E-state index in [1.807, 2.05) is 24.3 Å². The standard InChI is InChI=1S/C26H29N3O/c1-3-5-16-28-26-24-21(20-14-10-11-15-23(20)30-26)18-22(19-12-8-7-9-13-19)29(25(24)27)17-6-4-2/h7-15,18,27H,3-6,16-17H2,1-2H3. The Morgan fingerprint density at radius 1 is 0.900 bits per heavy atom. The van der Waals surface area contributed by atoms with Crippen molar-refractivity contribution in [2.24, 2.45) is 4.99 Å². The SMILES string of the molecule is CCCCN=c1oc2ccccc2c2cc(-c3ccccc3)n(CCCC)c(=N)c12. The maximum Gasteiger partial charge on any atom is 0.226 e. The van der Waals surface area contributed by atoms with Crippen molar-refractivity contribution in [2.75, 3.05) is 6.54 Å². The fourth-order valence-corrected chi connectivity index (χ4v) is 3.88. The first-order valence-corrected chi connectivity index (χ1v) is 10.9. The van der Waals surface area contributed by atoms with Crippen molar-refractivity contribution in [3.63, 3.8) is 0 Å². The van der Waals surface area contributed by atoms with Gasteiger partial charge in [-0.1, -0.05) is 75.2 Å². The molecule has 0 amide bonds. The van der Waals surface area contributed by atoms with Crippen molar-refractivity contribution in [3.8, 4) is 11.3 Å². The summed E-state index contributed by atoms with van der Waals surface area (Å²) in [6.07, 6.45) is 4.19. The second-order valence-corrected chi connectivity index (χ2v) is 7.68. The van der Waals surface area contributed by atoms with Crippen LogP contribution < -0.4 is 11.0 Å². The topological polar surface area (TPSA) is 54.3 Å². The molecule has 0 radical (unpaired) electrons. The molecular weight excluding hydrogens is 370 g/mol. The third-order valence-corrected chi connectivity index (χ3v) is 5.52. The molecule has 0 aliphatic carbocycles. The normalized spacial score (nSPS) is 12.1. The lowest BCUT2D eigenvalue weighted by molar-refractivity contribution is 0.537. The molecule has 4 heteroatoms. The van der Waals surface area contributed by atoms with E-state index in [4.69, 9.17) is 14.8 Å². The van der Waals surface area contributed by atoms with Gasteiger partial charge >= 0.3 is 0 Å². The van der Waals surface area contributed by atoms with Gasteiger partial charge in [0, 0.05) is 23.9 Å². The van der Waals surface area contributed by atoms with Crippen molar-refractivity contribution >= 4 is 21.7 Å². The van der Waals surface area contributed by atoms with Crippen LogP contribution in [0.2, 0.25) is 0 Å². The molecule has 0 fully saturated rings. The Morgan fingerprint density at radius 2 is 1.63 bits per heavy atom. The Labute approximate surface area is 177 Å². The molecule has 0 unspecified atom stereocenters. The summed E-state index contributed by atoms with van der Waals surface area (Å²) in [5.74, 6) is 0. The van der Waals surface area contributed by atoms with E-state index in [9.17, 15) is 0 Å². The highest BCUT2D eigenvalue weighted by Gasteiger charge is 2.14. The van der Waals surface area contributed by atoms with E-state index >= 15 is 0 Å². The maximum absolute atomic E-state index is 9.15. The van der Waals surface area contributed by atoms with E-state index in [1.54, 1.807) is 0 Å². The van der Waals surface area contributed by atoms with Crippen molar-refractivity contribution in [1.29, 1.82) is 5.41 Å². The van der Waals surface area contributed by atoms with Gasteiger partial charge in [-0.3, -0.25) is 10.4 Å². The highest BCUT2D eigenvalue weighted by molar-refractivity contribution is 6.04. The van der Waals surface area contributed by atoms with E-state index in [2.05, 4.69) is 54.8 Å². The first-order chi connectivity index (χ1) is 14.7. The van der Waals surface area contributed by atoms with Gasteiger partial charge < -0.3 is 8.98 Å². The zero-order valence-corrected chi connectivity index (χ0v) is 17.8. The van der Waals surface area contributed by atoms with E-state index in [1.165, 1.54) is 0 Å². The van der Waals surface area contributed by atoms with Crippen LogP contribution in [0, 0.1) is 5.41 Å². The molecule has 4 rings (SSSR count). The highest BCUT2D eigenvalue weighted by Crippen LogP contribution is 2.26. The van der Waals surface area contributed by atoms with Crippen molar-refractivity contribution < 1.29 is 4.42 Å². The predicted octanol–water partition coefficient (Wildman–Crippen LogP) is 6.03. The van der Waals surface area contributed by atoms with E-state index in [0.717, 1.165) is 65.2 Å². The summed E-state index contributed by atoms with van der Waals surface area (Å²) in [4.78, 5) is 4.76. The predicted molar refractivity (Wildman–Crippen MR) is 123 cm³/mol. The number of hydrogen-bond donors (Lipinski definition) is 1. The summed E-state index contributed by atoms with van der Waals surface area (Å²) in [6, 6.07) is 20.6. The average molecular weight is 400 g/mol. The number of benzene rings is 2. The fraction of sp³-hybridized carbons (Fsp3) is 0.308. The summed E-state index contributed by atoms with van der Waals surface area (Å²) in [6.45, 7) is 5.85. The quantitative estimate of drug-likeness (QED) is 0.299. The van der Waals surface area contributed by atoms with Gasteiger partial charge in [0.2, 0.25) is 5.55 Å². The third kappa shape index (κ3) is 3.82. The third-order valence-electron chi connectivity index (χ3n) is 5.52. The number of hydrogen-bond acceptors (Lipinski definition) is 3. The van der Waals surface area contributed by atoms with Crippen LogP contribution in [0.15, 0.2) is 70.1 Å². The number of pyridine rings is 1. The molecule has 154 valence electrons. The van der Waals surface area contributed by atoms with Crippen LogP contribution in [0.25, 0.3) is 33.0 Å². The lowest BCUT2D eigenvalue weighted by Crippen LogP contribution is -2.27. The summed E-state index contributed by atoms with van der Waals surface area (Å²) in [5, 5.41) is 12.0. The molecule has 0 aliphatic heterocycles. The van der Waals surface area contributed by atoms with Gasteiger partial charge in [0.25, 0.3) is 0 Å². The molecule has 0 saturated heterocycles. The molecule has 2 aromatic heterocycles. The van der Waals surface area contributed by atoms with Gasteiger partial charge in [0.15, 0.2) is 0 Å². The number of nitrogens with one attached hydrogen (secondary N) is 1. The Bertz CT molecular complexity index is 1280. The number of rotatable bonds is 7. The molecule has 4 aromatic rings. The van der Waals surface area contributed by atoms with Crippen LogP contribution in [0.4, 0.5) is 0 Å². The van der Waals surface area contributed by atoms with Crippen LogP contribution in [-0.4, -0.2) is 11.1 Å². The highest BCUT2D eigenvalue weighted by atomic mass is 16.3. The van der Waals surface area contributed by atoms with E-state index < -0.39 is 0 Å². The Hall–Kier alpha value is -3.14. The number of para-hydroxylation sites is 1. The van der Waals surface area contributed by atoms with Crippen molar-refractivity contribution in [2.45, 2.75) is 46.1 Å². The first-order valence-electron chi connectivity index (χ1n) is 10.9. The Kier molecular flexibility index (Phi) is 6.12. The molecule has 0 saturated carbocycles. The molecule has 2 heterocycles. The molecule has 0 spiro atoms. The van der Waals surface area contributed by atoms with Gasteiger partial charge in [0.1, 0.15) is 11.1 Å². The van der Waals surface area contributed by atoms with Crippen LogP contribution in [0.1, 0.15) is 39.5 Å².